The number of hydrogen-bond acceptors (Lipinski definition) is 3. The highest BCUT2D eigenvalue weighted by atomic mass is 35.5. The summed E-state index contributed by atoms with van der Waals surface area (Å²) in [5, 5.41) is 20.3. The first-order valence-corrected chi connectivity index (χ1v) is 9.51. The maximum Gasteiger partial charge on any atom is 0.207 e. The second kappa shape index (κ2) is 6.50. The van der Waals surface area contributed by atoms with Gasteiger partial charge >= 0.3 is 0 Å². The van der Waals surface area contributed by atoms with Crippen LogP contribution in [0.4, 0.5) is 0 Å². The number of phenolic OH excluding ortho intramolecular Hbond substituents is 1. The first kappa shape index (κ1) is 17.5. The Balaban J connectivity index is 1.88. The number of aromatic hydroxyl groups is 1. The van der Waals surface area contributed by atoms with Crippen molar-refractivity contribution in [3.63, 3.8) is 0 Å². The zero-order valence-corrected chi connectivity index (χ0v) is 16.4. The maximum absolute atomic E-state index is 9.97. The Kier molecular flexibility index (Phi) is 3.93. The molecule has 0 atom stereocenters. The van der Waals surface area contributed by atoms with E-state index in [1.165, 1.54) is 0 Å². The largest absolute Gasteiger partial charge is 0.508 e. The van der Waals surface area contributed by atoms with Crippen LogP contribution in [0.1, 0.15) is 0 Å². The van der Waals surface area contributed by atoms with Crippen molar-refractivity contribution in [1.29, 1.82) is 5.41 Å². The summed E-state index contributed by atoms with van der Waals surface area (Å²) in [6.07, 6.45) is 1.79. The van der Waals surface area contributed by atoms with Crippen molar-refractivity contribution < 1.29 is 5.11 Å². The van der Waals surface area contributed by atoms with Crippen molar-refractivity contribution in [3.05, 3.63) is 83.6 Å². The van der Waals surface area contributed by atoms with E-state index in [0.29, 0.717) is 10.6 Å². The fraction of sp³-hybridized carbons (Fsp3) is 0.0435. The number of hydrogen-bond donors (Lipinski definition) is 2. The number of imidazole rings is 1. The van der Waals surface area contributed by atoms with Gasteiger partial charge in [-0.3, -0.25) is 15.0 Å². The second-order valence-electron chi connectivity index (χ2n) is 6.97. The molecule has 0 bridgehead atoms. The number of aromatic nitrogens is 3. The van der Waals surface area contributed by atoms with E-state index >= 15 is 0 Å². The van der Waals surface area contributed by atoms with Gasteiger partial charge in [0.15, 0.2) is 0 Å². The quantitative estimate of drug-likeness (QED) is 0.436. The van der Waals surface area contributed by atoms with E-state index in [0.717, 1.165) is 38.8 Å². The molecule has 0 radical (unpaired) electrons. The monoisotopic (exact) mass is 400 g/mol. The van der Waals surface area contributed by atoms with Gasteiger partial charge in [0, 0.05) is 23.5 Å². The molecule has 6 heteroatoms. The van der Waals surface area contributed by atoms with Crippen LogP contribution in [0.5, 0.6) is 5.75 Å². The average molecular weight is 401 g/mol. The molecule has 5 rings (SSSR count). The molecule has 0 saturated carbocycles. The number of aryl methyl sites for hydroxylation is 1. The topological polar surface area (TPSA) is 66.8 Å². The Morgan fingerprint density at radius 1 is 0.966 bits per heavy atom. The lowest BCUT2D eigenvalue weighted by atomic mass is 10.0. The van der Waals surface area contributed by atoms with Gasteiger partial charge in [-0.15, -0.1) is 0 Å². The smallest absolute Gasteiger partial charge is 0.207 e. The molecule has 0 unspecified atom stereocenters. The van der Waals surface area contributed by atoms with Crippen molar-refractivity contribution in [3.8, 4) is 22.6 Å². The number of halogens is 1. The van der Waals surface area contributed by atoms with Gasteiger partial charge in [0.1, 0.15) is 5.75 Å². The Hall–Kier alpha value is -3.57. The molecule has 0 aliphatic heterocycles. The van der Waals surface area contributed by atoms with Gasteiger partial charge in [0.25, 0.3) is 0 Å². The summed E-state index contributed by atoms with van der Waals surface area (Å²) in [4.78, 5) is 4.60. The molecule has 0 aliphatic rings. The Morgan fingerprint density at radius 2 is 1.72 bits per heavy atom. The number of pyridine rings is 1. The molecule has 3 aromatic carbocycles. The highest BCUT2D eigenvalue weighted by Crippen LogP contribution is 2.30. The summed E-state index contributed by atoms with van der Waals surface area (Å²) >= 11 is 6.04. The molecule has 142 valence electrons. The predicted octanol–water partition coefficient (Wildman–Crippen LogP) is 5.02. The van der Waals surface area contributed by atoms with E-state index in [1.54, 1.807) is 29.0 Å². The van der Waals surface area contributed by atoms with E-state index in [1.807, 2.05) is 54.1 Å². The lowest BCUT2D eigenvalue weighted by Crippen LogP contribution is -2.21. The third kappa shape index (κ3) is 2.79. The molecular weight excluding hydrogens is 384 g/mol. The first-order valence-electron chi connectivity index (χ1n) is 9.13. The maximum atomic E-state index is 9.97. The summed E-state index contributed by atoms with van der Waals surface area (Å²) in [6.45, 7) is 0. The summed E-state index contributed by atoms with van der Waals surface area (Å²) in [5.41, 5.74) is 5.69. The summed E-state index contributed by atoms with van der Waals surface area (Å²) in [6, 6.07) is 20.8. The van der Waals surface area contributed by atoms with Gasteiger partial charge in [-0.05, 0) is 47.5 Å². The van der Waals surface area contributed by atoms with Crippen LogP contribution in [0.3, 0.4) is 0 Å². The number of rotatable bonds is 2. The average Bonchev–Trinajstić information content (AvgIpc) is 2.99. The summed E-state index contributed by atoms with van der Waals surface area (Å²) in [5.74, 6) is 0.159. The van der Waals surface area contributed by atoms with Gasteiger partial charge in [-0.2, -0.15) is 0 Å². The fourth-order valence-electron chi connectivity index (χ4n) is 3.72. The van der Waals surface area contributed by atoms with Crippen LogP contribution in [-0.4, -0.2) is 19.2 Å². The van der Waals surface area contributed by atoms with Crippen LogP contribution < -0.4 is 5.62 Å². The Bertz CT molecular complexity index is 1450. The van der Waals surface area contributed by atoms with E-state index in [-0.39, 0.29) is 5.75 Å². The standard InChI is InChI=1S/C23H17ClN4O/c1-27-21-13-26-20-10-7-15(14-5-8-16(24)9-6-14)11-19(20)22(21)28(23(27)25)17-3-2-4-18(29)12-17/h2-13,25,29H,1H3. The first-order chi connectivity index (χ1) is 14.0. The van der Waals surface area contributed by atoms with Crippen LogP contribution in [0.2, 0.25) is 5.02 Å². The summed E-state index contributed by atoms with van der Waals surface area (Å²) < 4.78 is 3.63. The number of benzene rings is 3. The number of fused-ring (bicyclic) bond motifs is 3. The van der Waals surface area contributed by atoms with Crippen molar-refractivity contribution in [1.82, 2.24) is 14.1 Å². The van der Waals surface area contributed by atoms with Crippen LogP contribution in [-0.2, 0) is 7.05 Å². The van der Waals surface area contributed by atoms with Crippen molar-refractivity contribution in [2.75, 3.05) is 0 Å². The zero-order valence-electron chi connectivity index (χ0n) is 15.6. The molecule has 0 saturated heterocycles. The molecule has 0 fully saturated rings. The van der Waals surface area contributed by atoms with Crippen LogP contribution in [0.25, 0.3) is 38.8 Å². The summed E-state index contributed by atoms with van der Waals surface area (Å²) in [7, 11) is 1.85. The molecule has 2 aromatic heterocycles. The molecule has 0 aliphatic carbocycles. The van der Waals surface area contributed by atoms with Crippen molar-refractivity contribution in [2.45, 2.75) is 0 Å². The highest BCUT2D eigenvalue weighted by molar-refractivity contribution is 6.30. The van der Waals surface area contributed by atoms with E-state index in [4.69, 9.17) is 17.0 Å². The van der Waals surface area contributed by atoms with Crippen LogP contribution >= 0.6 is 11.6 Å². The minimum Gasteiger partial charge on any atom is -0.508 e. The highest BCUT2D eigenvalue weighted by Gasteiger charge is 2.15. The SMILES string of the molecule is Cn1c(=N)n(-c2cccc(O)c2)c2c3cc(-c4ccc(Cl)cc4)ccc3ncc21. The number of phenols is 1. The minimum atomic E-state index is 0.159. The zero-order chi connectivity index (χ0) is 20.1. The van der Waals surface area contributed by atoms with E-state index in [9.17, 15) is 5.11 Å². The molecule has 0 spiro atoms. The van der Waals surface area contributed by atoms with Gasteiger partial charge < -0.3 is 9.67 Å². The molecule has 5 aromatic rings. The van der Waals surface area contributed by atoms with Gasteiger partial charge in [0.2, 0.25) is 5.62 Å². The number of nitrogens with one attached hydrogen (secondary N) is 1. The second-order valence-corrected chi connectivity index (χ2v) is 7.41. The van der Waals surface area contributed by atoms with Gasteiger partial charge in [-0.25, -0.2) is 0 Å². The lowest BCUT2D eigenvalue weighted by molar-refractivity contribution is 0.475. The van der Waals surface area contributed by atoms with Gasteiger partial charge in [0.05, 0.1) is 28.4 Å². The van der Waals surface area contributed by atoms with E-state index < -0.39 is 0 Å². The third-order valence-corrected chi connectivity index (χ3v) is 5.45. The van der Waals surface area contributed by atoms with Crippen LogP contribution in [0, 0.1) is 5.41 Å². The molecule has 0 amide bonds. The minimum absolute atomic E-state index is 0.159. The normalized spacial score (nSPS) is 11.4. The Labute approximate surface area is 171 Å². The third-order valence-electron chi connectivity index (χ3n) is 5.20. The van der Waals surface area contributed by atoms with Crippen molar-refractivity contribution in [2.24, 2.45) is 7.05 Å². The van der Waals surface area contributed by atoms with Crippen molar-refractivity contribution >= 4 is 33.5 Å². The van der Waals surface area contributed by atoms with E-state index in [2.05, 4.69) is 11.1 Å². The predicted molar refractivity (Wildman–Crippen MR) is 116 cm³/mol. The molecule has 29 heavy (non-hydrogen) atoms. The number of nitrogens with zero attached hydrogens (tertiary/aromatic N) is 3. The van der Waals surface area contributed by atoms with Gasteiger partial charge in [-0.1, -0.05) is 35.9 Å². The molecule has 5 nitrogen and oxygen atoms in total. The Morgan fingerprint density at radius 3 is 2.48 bits per heavy atom. The molecule has 2 N–H and O–H groups in total. The lowest BCUT2D eigenvalue weighted by Gasteiger charge is -2.09. The van der Waals surface area contributed by atoms with Crippen LogP contribution in [0.15, 0.2) is 72.9 Å². The molecule has 2 heterocycles. The molecular formula is C23H17ClN4O. The fourth-order valence-corrected chi connectivity index (χ4v) is 3.85.